The smallest absolute Gasteiger partial charge is 0.416 e. The topological polar surface area (TPSA) is 55.8 Å². The van der Waals surface area contributed by atoms with Crippen molar-refractivity contribution in [2.75, 3.05) is 24.4 Å². The minimum absolute atomic E-state index is 0.286. The van der Waals surface area contributed by atoms with E-state index in [4.69, 9.17) is 19.4 Å². The van der Waals surface area contributed by atoms with Crippen LogP contribution in [0.4, 0.5) is 13.2 Å². The Bertz CT molecular complexity index is 1380. The van der Waals surface area contributed by atoms with E-state index in [1.165, 1.54) is 16.5 Å². The lowest BCUT2D eigenvalue weighted by Crippen LogP contribution is -2.14. The van der Waals surface area contributed by atoms with Gasteiger partial charge in [-0.15, -0.1) is 11.8 Å². The molecule has 0 radical (unpaired) electrons. The van der Waals surface area contributed by atoms with Crippen molar-refractivity contribution >= 4 is 29.5 Å². The number of aliphatic carboxylic acids is 1. The molecule has 1 aliphatic carbocycles. The molecule has 3 aromatic carbocycles. The summed E-state index contributed by atoms with van der Waals surface area (Å²) in [4.78, 5) is 10.2. The predicted octanol–water partition coefficient (Wildman–Crippen LogP) is 8.93. The second-order valence-electron chi connectivity index (χ2n) is 10.2. The van der Waals surface area contributed by atoms with E-state index in [9.17, 15) is 13.2 Å². The molecule has 9 heteroatoms. The van der Waals surface area contributed by atoms with Gasteiger partial charge < -0.3 is 14.6 Å². The molecule has 1 unspecified atom stereocenters. The molecule has 3 aromatic rings. The normalized spacial score (nSPS) is 15.5. The quantitative estimate of drug-likeness (QED) is 0.259. The van der Waals surface area contributed by atoms with Crippen LogP contribution >= 0.6 is 23.5 Å². The fraction of sp³-hybridized carbons (Fsp3) is 0.406. The van der Waals surface area contributed by atoms with Gasteiger partial charge in [0.2, 0.25) is 0 Å². The highest BCUT2D eigenvalue weighted by molar-refractivity contribution is 7.99. The molecule has 0 fully saturated rings. The number of rotatable bonds is 8. The first-order chi connectivity index (χ1) is 19.5. The van der Waals surface area contributed by atoms with Gasteiger partial charge in [-0.1, -0.05) is 12.1 Å². The number of hydrogen-bond donors (Lipinski definition) is 1. The highest BCUT2D eigenvalue weighted by Gasteiger charge is 2.40. The molecule has 0 amide bonds. The lowest BCUT2D eigenvalue weighted by atomic mass is 9.88. The summed E-state index contributed by atoms with van der Waals surface area (Å²) in [5.41, 5.74) is 5.57. The van der Waals surface area contributed by atoms with Crippen molar-refractivity contribution in [2.24, 2.45) is 0 Å². The molecule has 0 saturated carbocycles. The Balaban J connectivity index is 0.000000909. The third-order valence-electron chi connectivity index (χ3n) is 7.12. The van der Waals surface area contributed by atoms with Crippen LogP contribution in [0.15, 0.2) is 47.4 Å². The van der Waals surface area contributed by atoms with Crippen LogP contribution in [-0.2, 0) is 23.8 Å². The molecule has 1 heterocycles. The van der Waals surface area contributed by atoms with E-state index in [-0.39, 0.29) is 5.56 Å². The summed E-state index contributed by atoms with van der Waals surface area (Å²) in [6, 6.07) is 12.8. The maximum absolute atomic E-state index is 14.2. The van der Waals surface area contributed by atoms with Crippen LogP contribution in [0.1, 0.15) is 59.3 Å². The maximum Gasteiger partial charge on any atom is 0.416 e. The number of aryl methyl sites for hydroxylation is 3. The second-order valence-corrected chi connectivity index (χ2v) is 12.3. The number of carbonyl (C=O) groups is 1. The summed E-state index contributed by atoms with van der Waals surface area (Å²) in [6.45, 7) is 5.74. The van der Waals surface area contributed by atoms with Crippen LogP contribution < -0.4 is 9.47 Å². The number of alkyl halides is 3. The Morgan fingerprint density at radius 1 is 1.07 bits per heavy atom. The van der Waals surface area contributed by atoms with Crippen molar-refractivity contribution < 1.29 is 32.5 Å². The summed E-state index contributed by atoms with van der Waals surface area (Å²) < 4.78 is 54.7. The van der Waals surface area contributed by atoms with Gasteiger partial charge >= 0.3 is 6.18 Å². The molecule has 0 aromatic heterocycles. The predicted molar refractivity (Wildman–Crippen MR) is 161 cm³/mol. The van der Waals surface area contributed by atoms with Crippen LogP contribution in [0.25, 0.3) is 11.1 Å². The number of benzene rings is 3. The van der Waals surface area contributed by atoms with E-state index in [2.05, 4.69) is 6.26 Å². The number of carboxylic acid groups (broad SMARTS) is 1. The lowest BCUT2D eigenvalue weighted by molar-refractivity contribution is -0.139. The fourth-order valence-corrected chi connectivity index (χ4v) is 7.03. The van der Waals surface area contributed by atoms with E-state index in [1.54, 1.807) is 29.6 Å². The number of halogens is 3. The lowest BCUT2D eigenvalue weighted by Gasteiger charge is -2.22. The van der Waals surface area contributed by atoms with Gasteiger partial charge in [-0.05, 0) is 115 Å². The molecule has 1 atom stereocenters. The van der Waals surface area contributed by atoms with Gasteiger partial charge in [-0.3, -0.25) is 4.79 Å². The van der Waals surface area contributed by atoms with Crippen molar-refractivity contribution in [3.8, 4) is 22.6 Å². The summed E-state index contributed by atoms with van der Waals surface area (Å²) >= 11 is 3.56. The van der Waals surface area contributed by atoms with Crippen LogP contribution in [0.3, 0.4) is 0 Å². The minimum atomic E-state index is -4.44. The fourth-order valence-electron chi connectivity index (χ4n) is 5.53. The van der Waals surface area contributed by atoms with Gasteiger partial charge in [0, 0.05) is 23.1 Å². The molecule has 1 aliphatic heterocycles. The second kappa shape index (κ2) is 13.5. The van der Waals surface area contributed by atoms with E-state index in [0.717, 1.165) is 64.8 Å². The molecular formula is C32H35F3O4S2. The molecule has 0 spiro atoms. The largest absolute Gasteiger partial charge is 0.494 e. The van der Waals surface area contributed by atoms with Crippen LogP contribution in [0.5, 0.6) is 11.5 Å². The number of hydrogen-bond acceptors (Lipinski definition) is 5. The minimum Gasteiger partial charge on any atom is -0.494 e. The zero-order valence-corrected chi connectivity index (χ0v) is 25.3. The van der Waals surface area contributed by atoms with Crippen molar-refractivity contribution in [2.45, 2.75) is 63.6 Å². The number of carboxylic acids is 1. The zero-order valence-electron chi connectivity index (χ0n) is 23.7. The molecule has 2 aliphatic rings. The Kier molecular flexibility index (Phi) is 10.2. The number of ether oxygens (including phenoxy) is 2. The van der Waals surface area contributed by atoms with Crippen molar-refractivity contribution in [3.05, 3.63) is 75.8 Å². The molecule has 0 saturated heterocycles. The third kappa shape index (κ3) is 7.55. The zero-order chi connectivity index (χ0) is 29.7. The van der Waals surface area contributed by atoms with E-state index in [1.807, 2.05) is 44.2 Å². The van der Waals surface area contributed by atoms with Gasteiger partial charge in [0.05, 0.1) is 12.2 Å². The van der Waals surface area contributed by atoms with Gasteiger partial charge in [0.25, 0.3) is 5.97 Å². The van der Waals surface area contributed by atoms with Crippen molar-refractivity contribution in [3.63, 3.8) is 0 Å². The number of fused-ring (bicyclic) bond motifs is 2. The maximum atomic E-state index is 14.2. The molecule has 1 N–H and O–H groups in total. The average Bonchev–Trinajstić information content (AvgIpc) is 3.53. The summed E-state index contributed by atoms with van der Waals surface area (Å²) in [6.07, 6.45) is 0.0637. The van der Waals surface area contributed by atoms with Gasteiger partial charge in [-0.25, -0.2) is 0 Å². The van der Waals surface area contributed by atoms with E-state index < -0.39 is 23.8 Å². The Morgan fingerprint density at radius 3 is 2.44 bits per heavy atom. The summed E-state index contributed by atoms with van der Waals surface area (Å²) in [5, 5.41) is 7.42. The summed E-state index contributed by atoms with van der Waals surface area (Å²) in [7, 11) is 0. The monoisotopic (exact) mass is 604 g/mol. The van der Waals surface area contributed by atoms with Crippen LogP contribution in [0, 0.1) is 13.8 Å². The molecule has 4 nitrogen and oxygen atoms in total. The van der Waals surface area contributed by atoms with Crippen LogP contribution in [0.2, 0.25) is 0 Å². The van der Waals surface area contributed by atoms with Crippen molar-refractivity contribution in [1.82, 2.24) is 0 Å². The summed E-state index contributed by atoms with van der Waals surface area (Å²) in [5.74, 6) is 2.69. The SMILES string of the molecule is CC(=O)O.CSCCCOc1cc(C)c(-c2ccc(C(F)(F)F)c3c2CCC3Oc2ccc3c(c2)SCC3)c(C)c1. The average molecular weight is 605 g/mol. The Morgan fingerprint density at radius 2 is 1.78 bits per heavy atom. The van der Waals surface area contributed by atoms with Crippen molar-refractivity contribution in [1.29, 1.82) is 0 Å². The van der Waals surface area contributed by atoms with E-state index >= 15 is 0 Å². The molecular weight excluding hydrogens is 569 g/mol. The third-order valence-corrected chi connectivity index (χ3v) is 8.92. The Labute approximate surface area is 248 Å². The number of thioether (sulfide) groups is 2. The van der Waals surface area contributed by atoms with Gasteiger partial charge in [-0.2, -0.15) is 24.9 Å². The van der Waals surface area contributed by atoms with Gasteiger partial charge in [0.15, 0.2) is 0 Å². The molecule has 5 rings (SSSR count). The highest BCUT2D eigenvalue weighted by atomic mass is 32.2. The Hall–Kier alpha value is -2.78. The van der Waals surface area contributed by atoms with Crippen LogP contribution in [-0.4, -0.2) is 35.4 Å². The van der Waals surface area contributed by atoms with Gasteiger partial charge in [0.1, 0.15) is 17.6 Å². The standard InChI is InChI=1S/C30H31F3O2S2.C2H4O2/c1-18-15-22(34-12-4-13-36-3)16-19(2)28(18)23-7-9-25(30(31,32)33)29-24(23)8-10-26(29)35-21-6-5-20-11-14-37-27(20)17-21;1-2(3)4/h5-7,9,15-17,26H,4,8,10-14H2,1-3H3;1H3,(H,3,4). The first-order valence-corrected chi connectivity index (χ1v) is 16.0. The van der Waals surface area contributed by atoms with E-state index in [0.29, 0.717) is 25.2 Å². The molecule has 41 heavy (non-hydrogen) atoms. The highest BCUT2D eigenvalue weighted by Crippen LogP contribution is 2.48. The first-order valence-electron chi connectivity index (χ1n) is 13.6. The first kappa shape index (κ1) is 31.2. The molecule has 220 valence electrons. The molecule has 0 bridgehead atoms.